The Balaban J connectivity index is 1.82. The quantitative estimate of drug-likeness (QED) is 0.691. The zero-order chi connectivity index (χ0) is 12.4. The van der Waals surface area contributed by atoms with Crippen LogP contribution in [0.1, 0.15) is 11.1 Å². The van der Waals surface area contributed by atoms with E-state index in [4.69, 9.17) is 0 Å². The van der Waals surface area contributed by atoms with Gasteiger partial charge in [-0.3, -0.25) is 4.68 Å². The first-order chi connectivity index (χ1) is 8.81. The van der Waals surface area contributed by atoms with Gasteiger partial charge in [0.25, 0.3) is 0 Å². The summed E-state index contributed by atoms with van der Waals surface area (Å²) in [6.45, 7) is 2.94. The lowest BCUT2D eigenvalue weighted by Gasteiger charge is -2.02. The smallest absolute Gasteiger partial charge is 0.102 e. The number of benzene rings is 1. The first-order valence-corrected chi connectivity index (χ1v) is 6.82. The minimum Gasteiger partial charge on any atom is -0.268 e. The maximum Gasteiger partial charge on any atom is 0.102 e. The summed E-state index contributed by atoms with van der Waals surface area (Å²) in [5, 5.41) is 6.68. The van der Waals surface area contributed by atoms with Crippen LogP contribution in [0.15, 0.2) is 54.0 Å². The van der Waals surface area contributed by atoms with E-state index in [0.717, 1.165) is 12.2 Å². The van der Waals surface area contributed by atoms with Gasteiger partial charge in [-0.1, -0.05) is 35.9 Å². The lowest BCUT2D eigenvalue weighted by Crippen LogP contribution is -2.00. The van der Waals surface area contributed by atoms with E-state index in [0.29, 0.717) is 0 Å². The molecule has 0 unspecified atom stereocenters. The van der Waals surface area contributed by atoms with Gasteiger partial charge in [0.15, 0.2) is 0 Å². The Morgan fingerprint density at radius 3 is 2.89 bits per heavy atom. The summed E-state index contributed by atoms with van der Waals surface area (Å²) in [5.41, 5.74) is 3.63. The molecule has 0 N–H and O–H groups in total. The summed E-state index contributed by atoms with van der Waals surface area (Å²) >= 11 is 1.72. The van der Waals surface area contributed by atoms with Gasteiger partial charge in [-0.2, -0.15) is 5.10 Å². The number of aryl methyl sites for hydroxylation is 1. The van der Waals surface area contributed by atoms with E-state index < -0.39 is 0 Å². The van der Waals surface area contributed by atoms with Gasteiger partial charge in [-0.15, -0.1) is 11.3 Å². The highest BCUT2D eigenvalue weighted by molar-refractivity contribution is 7.13. The largest absolute Gasteiger partial charge is 0.268 e. The lowest BCUT2D eigenvalue weighted by molar-refractivity contribution is 0.689. The van der Waals surface area contributed by atoms with Gasteiger partial charge in [0.05, 0.1) is 11.4 Å². The molecule has 1 aromatic carbocycles. The van der Waals surface area contributed by atoms with Crippen molar-refractivity contribution in [2.24, 2.45) is 0 Å². The van der Waals surface area contributed by atoms with E-state index in [2.05, 4.69) is 59.9 Å². The third-order valence-electron chi connectivity index (χ3n) is 2.84. The van der Waals surface area contributed by atoms with Crippen molar-refractivity contribution in [1.29, 1.82) is 0 Å². The van der Waals surface area contributed by atoms with Crippen LogP contribution in [0.4, 0.5) is 0 Å². The van der Waals surface area contributed by atoms with Gasteiger partial charge in [0, 0.05) is 6.20 Å². The van der Waals surface area contributed by atoms with E-state index in [9.17, 15) is 0 Å². The molecular formula is C15H14N2S. The van der Waals surface area contributed by atoms with Crippen LogP contribution in [0.5, 0.6) is 0 Å². The number of rotatable bonds is 3. The highest BCUT2D eigenvalue weighted by Gasteiger charge is 2.03. The van der Waals surface area contributed by atoms with Gasteiger partial charge in [0.1, 0.15) is 5.69 Å². The zero-order valence-corrected chi connectivity index (χ0v) is 11.0. The van der Waals surface area contributed by atoms with Crippen molar-refractivity contribution in [2.75, 3.05) is 0 Å². The Hall–Kier alpha value is -1.87. The van der Waals surface area contributed by atoms with Crippen molar-refractivity contribution in [3.05, 3.63) is 65.2 Å². The normalized spacial score (nSPS) is 10.7. The van der Waals surface area contributed by atoms with E-state index >= 15 is 0 Å². The zero-order valence-electron chi connectivity index (χ0n) is 10.2. The lowest BCUT2D eigenvalue weighted by atomic mass is 10.1. The Labute approximate surface area is 111 Å². The standard InChI is InChI=1S/C15H14N2S/c1-12-4-2-5-13(10-12)11-17-8-7-14(16-17)15-6-3-9-18-15/h2-10H,11H2,1H3. The third-order valence-corrected chi connectivity index (χ3v) is 3.73. The molecule has 2 aromatic heterocycles. The Kier molecular flexibility index (Phi) is 2.99. The molecule has 0 fully saturated rings. The average molecular weight is 254 g/mol. The fourth-order valence-electron chi connectivity index (χ4n) is 2.00. The van der Waals surface area contributed by atoms with Crippen LogP contribution in [-0.2, 0) is 6.54 Å². The topological polar surface area (TPSA) is 17.8 Å². The maximum atomic E-state index is 4.60. The van der Waals surface area contributed by atoms with Gasteiger partial charge in [0.2, 0.25) is 0 Å². The summed E-state index contributed by atoms with van der Waals surface area (Å²) in [7, 11) is 0. The van der Waals surface area contributed by atoms with Crippen molar-refractivity contribution in [2.45, 2.75) is 13.5 Å². The molecule has 3 rings (SSSR count). The number of thiophene rings is 1. The monoisotopic (exact) mass is 254 g/mol. The second-order valence-electron chi connectivity index (χ2n) is 4.36. The minimum atomic E-state index is 0.826. The molecule has 0 aliphatic heterocycles. The number of nitrogens with zero attached hydrogens (tertiary/aromatic N) is 2. The van der Waals surface area contributed by atoms with E-state index in [1.807, 2.05) is 10.9 Å². The summed E-state index contributed by atoms with van der Waals surface area (Å²) in [6.07, 6.45) is 2.04. The van der Waals surface area contributed by atoms with Crippen LogP contribution in [0.25, 0.3) is 10.6 Å². The maximum absolute atomic E-state index is 4.60. The summed E-state index contributed by atoms with van der Waals surface area (Å²) in [4.78, 5) is 1.22. The number of hydrogen-bond acceptors (Lipinski definition) is 2. The molecule has 0 aliphatic rings. The highest BCUT2D eigenvalue weighted by atomic mass is 32.1. The molecule has 0 aliphatic carbocycles. The Morgan fingerprint density at radius 2 is 2.11 bits per heavy atom. The second kappa shape index (κ2) is 4.78. The van der Waals surface area contributed by atoms with Crippen molar-refractivity contribution < 1.29 is 0 Å². The fraction of sp³-hybridized carbons (Fsp3) is 0.133. The highest BCUT2D eigenvalue weighted by Crippen LogP contribution is 2.22. The fourth-order valence-corrected chi connectivity index (χ4v) is 2.69. The minimum absolute atomic E-state index is 0.826. The summed E-state index contributed by atoms with van der Waals surface area (Å²) in [5.74, 6) is 0. The first-order valence-electron chi connectivity index (χ1n) is 5.94. The van der Waals surface area contributed by atoms with Crippen LogP contribution in [-0.4, -0.2) is 9.78 Å². The van der Waals surface area contributed by atoms with Crippen LogP contribution >= 0.6 is 11.3 Å². The molecule has 18 heavy (non-hydrogen) atoms. The molecule has 0 bridgehead atoms. The molecule has 3 heteroatoms. The van der Waals surface area contributed by atoms with Gasteiger partial charge >= 0.3 is 0 Å². The number of hydrogen-bond donors (Lipinski definition) is 0. The number of aromatic nitrogens is 2. The molecule has 90 valence electrons. The van der Waals surface area contributed by atoms with Gasteiger partial charge < -0.3 is 0 Å². The molecule has 0 spiro atoms. The molecule has 0 amide bonds. The second-order valence-corrected chi connectivity index (χ2v) is 5.31. The van der Waals surface area contributed by atoms with E-state index in [1.165, 1.54) is 16.0 Å². The third kappa shape index (κ3) is 2.36. The summed E-state index contributed by atoms with van der Waals surface area (Å²) in [6, 6.07) is 14.8. The predicted octanol–water partition coefficient (Wildman–Crippen LogP) is 3.97. The molecule has 0 saturated heterocycles. The van der Waals surface area contributed by atoms with Crippen molar-refractivity contribution in [3.8, 4) is 10.6 Å². The Bertz CT molecular complexity index is 638. The van der Waals surface area contributed by atoms with Crippen molar-refractivity contribution >= 4 is 11.3 Å². The molecule has 3 aromatic rings. The van der Waals surface area contributed by atoms with Crippen LogP contribution in [0, 0.1) is 6.92 Å². The molecule has 2 heterocycles. The van der Waals surface area contributed by atoms with Crippen LogP contribution in [0.2, 0.25) is 0 Å². The van der Waals surface area contributed by atoms with Crippen molar-refractivity contribution in [1.82, 2.24) is 9.78 Å². The molecule has 0 saturated carbocycles. The summed E-state index contributed by atoms with van der Waals surface area (Å²) < 4.78 is 1.99. The predicted molar refractivity (Wildman–Crippen MR) is 75.8 cm³/mol. The van der Waals surface area contributed by atoms with Crippen molar-refractivity contribution in [3.63, 3.8) is 0 Å². The molecule has 0 radical (unpaired) electrons. The first kappa shape index (κ1) is 11.2. The van der Waals surface area contributed by atoms with E-state index in [1.54, 1.807) is 11.3 Å². The van der Waals surface area contributed by atoms with Gasteiger partial charge in [-0.25, -0.2) is 0 Å². The average Bonchev–Trinajstić information content (AvgIpc) is 2.98. The van der Waals surface area contributed by atoms with Crippen LogP contribution in [0.3, 0.4) is 0 Å². The SMILES string of the molecule is Cc1cccc(Cn2ccc(-c3cccs3)n2)c1. The molecular weight excluding hydrogens is 240 g/mol. The molecule has 0 atom stereocenters. The molecule has 2 nitrogen and oxygen atoms in total. The van der Waals surface area contributed by atoms with E-state index in [-0.39, 0.29) is 0 Å². The Morgan fingerprint density at radius 1 is 1.17 bits per heavy atom. The van der Waals surface area contributed by atoms with Crippen LogP contribution < -0.4 is 0 Å². The van der Waals surface area contributed by atoms with Gasteiger partial charge in [-0.05, 0) is 30.0 Å².